The number of hydrogen-bond donors (Lipinski definition) is 1. The van der Waals surface area contributed by atoms with Crippen LogP contribution in [0, 0.1) is 5.41 Å². The summed E-state index contributed by atoms with van der Waals surface area (Å²) in [4.78, 5) is 14.5. The zero-order valence-electron chi connectivity index (χ0n) is 12.6. The first kappa shape index (κ1) is 18.4. The number of rotatable bonds is 2. The van der Waals surface area contributed by atoms with E-state index in [-0.39, 0.29) is 22.8 Å². The largest absolute Gasteiger partial charge is 1.00 e. The molecule has 1 unspecified atom stereocenters. The van der Waals surface area contributed by atoms with Crippen LogP contribution in [-0.2, 0) is 0 Å². The van der Waals surface area contributed by atoms with Gasteiger partial charge in [0.05, 0.1) is 29.7 Å². The average molecular weight is 498 g/mol. The summed E-state index contributed by atoms with van der Waals surface area (Å²) >= 11 is 6.95. The van der Waals surface area contributed by atoms with Crippen LogP contribution in [-0.4, -0.2) is 32.0 Å². The number of benzene rings is 1. The lowest BCUT2D eigenvalue weighted by atomic mass is 9.80. The molecule has 1 atom stereocenters. The van der Waals surface area contributed by atoms with Gasteiger partial charge in [-0.1, -0.05) is 15.9 Å². The molecule has 6 heteroatoms. The van der Waals surface area contributed by atoms with E-state index in [1.54, 1.807) is 4.90 Å². The second-order valence-electron chi connectivity index (χ2n) is 6.43. The van der Waals surface area contributed by atoms with Gasteiger partial charge in [0.25, 0.3) is 0 Å². The molecular weight excluding hydrogens is 478 g/mol. The van der Waals surface area contributed by atoms with Gasteiger partial charge in [-0.3, -0.25) is 4.79 Å². The smallest absolute Gasteiger partial charge is 0.181 e. The van der Waals surface area contributed by atoms with Crippen molar-refractivity contribution in [1.82, 2.24) is 0 Å². The highest BCUT2D eigenvalue weighted by Gasteiger charge is 2.44. The van der Waals surface area contributed by atoms with E-state index in [0.29, 0.717) is 17.9 Å². The van der Waals surface area contributed by atoms with E-state index in [4.69, 9.17) is 4.74 Å². The van der Waals surface area contributed by atoms with E-state index in [0.717, 1.165) is 15.5 Å². The fourth-order valence-electron chi connectivity index (χ4n) is 3.41. The van der Waals surface area contributed by atoms with E-state index in [9.17, 15) is 4.79 Å². The monoisotopic (exact) mass is 495 g/mol. The van der Waals surface area contributed by atoms with Gasteiger partial charge in [0, 0.05) is 4.47 Å². The summed E-state index contributed by atoms with van der Waals surface area (Å²) in [5, 5.41) is 0. The summed E-state index contributed by atoms with van der Waals surface area (Å²) in [6.45, 7) is 5.75. The summed E-state index contributed by atoms with van der Waals surface area (Å²) in [6.07, 6.45) is 3.87. The zero-order valence-corrected chi connectivity index (χ0v) is 17.3. The number of nitrogens with one attached hydrogen (secondary N) is 1. The van der Waals surface area contributed by atoms with Gasteiger partial charge in [0.1, 0.15) is 17.8 Å². The molecule has 122 valence electrons. The molecule has 1 aromatic carbocycles. The van der Waals surface area contributed by atoms with Crippen molar-refractivity contribution in [2.24, 2.45) is 5.41 Å². The molecule has 2 heterocycles. The summed E-state index contributed by atoms with van der Waals surface area (Å²) in [6, 6.07) is 3.80. The molecule has 0 bridgehead atoms. The number of carbonyl (C=O) groups excluding carboxylic acids is 1. The van der Waals surface area contributed by atoms with Crippen molar-refractivity contribution < 1.29 is 31.4 Å². The number of Topliss-reactive ketones (excluding diaryl/α,β-unsaturated/α-hetero) is 1. The third kappa shape index (κ3) is 3.60. The summed E-state index contributed by atoms with van der Waals surface area (Å²) in [5.41, 5.74) is 0.279. The van der Waals surface area contributed by atoms with Crippen molar-refractivity contribution >= 4 is 37.6 Å². The number of carbonyl (C=O) groups is 1. The molecule has 0 spiro atoms. The predicted octanol–water partition coefficient (Wildman–Crippen LogP) is -0.134. The highest BCUT2D eigenvalue weighted by molar-refractivity contribution is 9.11. The Balaban J connectivity index is 0.00000176. The predicted molar refractivity (Wildman–Crippen MR) is 89.2 cm³/mol. The summed E-state index contributed by atoms with van der Waals surface area (Å²) < 4.78 is 7.68. The van der Waals surface area contributed by atoms with Crippen LogP contribution in [0.3, 0.4) is 0 Å². The third-order valence-corrected chi connectivity index (χ3v) is 5.58. The normalized spacial score (nSPS) is 25.1. The second kappa shape index (κ2) is 7.32. The first-order valence-corrected chi connectivity index (χ1v) is 9.08. The Morgan fingerprint density at radius 2 is 1.91 bits per heavy atom. The lowest BCUT2D eigenvalue weighted by Crippen LogP contribution is -3.14. The van der Waals surface area contributed by atoms with Crippen LogP contribution in [0.15, 0.2) is 21.1 Å². The number of halogens is 3. The lowest BCUT2D eigenvalue weighted by molar-refractivity contribution is -0.910. The minimum absolute atomic E-state index is 0. The van der Waals surface area contributed by atoms with Gasteiger partial charge in [-0.2, -0.15) is 0 Å². The Morgan fingerprint density at radius 1 is 1.23 bits per heavy atom. The molecular formula is C16H20Br3NO2. The van der Waals surface area contributed by atoms with Crippen molar-refractivity contribution in [2.45, 2.75) is 26.2 Å². The Morgan fingerprint density at radius 3 is 2.59 bits per heavy atom. The van der Waals surface area contributed by atoms with Crippen LogP contribution >= 0.6 is 31.9 Å². The van der Waals surface area contributed by atoms with Crippen LogP contribution in [0.2, 0.25) is 0 Å². The minimum atomic E-state index is -0.417. The average Bonchev–Trinajstić information content (AvgIpc) is 2.44. The maximum absolute atomic E-state index is 13.0. The van der Waals surface area contributed by atoms with E-state index in [2.05, 4.69) is 38.8 Å². The molecule has 22 heavy (non-hydrogen) atoms. The number of likely N-dealkylation sites (tertiary alicyclic amines) is 1. The number of quaternary nitrogens is 1. The molecule has 0 aromatic heterocycles. The van der Waals surface area contributed by atoms with Gasteiger partial charge in [-0.25, -0.2) is 0 Å². The number of hydrogen-bond acceptors (Lipinski definition) is 2. The van der Waals surface area contributed by atoms with Crippen LogP contribution in [0.1, 0.15) is 36.5 Å². The highest BCUT2D eigenvalue weighted by Crippen LogP contribution is 2.40. The van der Waals surface area contributed by atoms with E-state index < -0.39 is 5.41 Å². The van der Waals surface area contributed by atoms with Gasteiger partial charge in [-0.15, -0.1) is 0 Å². The van der Waals surface area contributed by atoms with Crippen LogP contribution in [0.25, 0.3) is 0 Å². The molecule has 2 aliphatic rings. The molecule has 0 amide bonds. The number of fused-ring (bicyclic) bond motifs is 1. The van der Waals surface area contributed by atoms with E-state index >= 15 is 0 Å². The molecule has 0 saturated carbocycles. The van der Waals surface area contributed by atoms with Crippen molar-refractivity contribution in [1.29, 1.82) is 0 Å². The zero-order chi connectivity index (χ0) is 15.0. The van der Waals surface area contributed by atoms with Crippen molar-refractivity contribution in [2.75, 3.05) is 26.2 Å². The maximum atomic E-state index is 13.0. The number of ketones is 1. The maximum Gasteiger partial charge on any atom is 0.181 e. The Hall–Kier alpha value is 0.0900. The quantitative estimate of drug-likeness (QED) is 0.617. The van der Waals surface area contributed by atoms with Crippen molar-refractivity contribution in [3.8, 4) is 5.75 Å². The van der Waals surface area contributed by atoms with Gasteiger partial charge >= 0.3 is 0 Å². The number of ether oxygens (including phenoxy) is 1. The van der Waals surface area contributed by atoms with Crippen LogP contribution < -0.4 is 26.6 Å². The van der Waals surface area contributed by atoms with Gasteiger partial charge < -0.3 is 26.6 Å². The Labute approximate surface area is 158 Å². The lowest BCUT2D eigenvalue weighted by Gasteiger charge is -2.36. The van der Waals surface area contributed by atoms with E-state index in [1.165, 1.54) is 32.4 Å². The molecule has 0 aliphatic carbocycles. The van der Waals surface area contributed by atoms with Gasteiger partial charge in [-0.05, 0) is 54.2 Å². The standard InChI is InChI=1S/C16H19Br2NO2.BrH/c1-16(9-19-5-3-2-4-6-19)10-21-14-12(15(16)20)7-11(17)8-13(14)18;/h7-8H,2-6,9-10H2,1H3;1H. The van der Waals surface area contributed by atoms with Gasteiger partial charge in [0.15, 0.2) is 5.78 Å². The van der Waals surface area contributed by atoms with Crippen LogP contribution in [0.4, 0.5) is 0 Å². The summed E-state index contributed by atoms with van der Waals surface area (Å²) in [5.74, 6) is 0.901. The molecule has 3 nitrogen and oxygen atoms in total. The number of piperidine rings is 1. The molecule has 1 aromatic rings. The topological polar surface area (TPSA) is 30.7 Å². The molecule has 1 fully saturated rings. The molecule has 3 rings (SSSR count). The minimum Gasteiger partial charge on any atom is -1.00 e. The molecule has 0 radical (unpaired) electrons. The molecule has 1 N–H and O–H groups in total. The van der Waals surface area contributed by atoms with E-state index in [1.807, 2.05) is 12.1 Å². The third-order valence-electron chi connectivity index (χ3n) is 4.54. The highest BCUT2D eigenvalue weighted by atomic mass is 79.9. The molecule has 2 aliphatic heterocycles. The molecule has 1 saturated heterocycles. The van der Waals surface area contributed by atoms with Crippen LogP contribution in [0.5, 0.6) is 5.75 Å². The SMILES string of the molecule is CC1(C[NH+]2CCCCC2)COc2c(Br)cc(Br)cc2C1=O.[Br-]. The Bertz CT molecular complexity index is 573. The van der Waals surface area contributed by atoms with Gasteiger partial charge in [0.2, 0.25) is 0 Å². The first-order chi connectivity index (χ1) is 9.99. The first-order valence-electron chi connectivity index (χ1n) is 7.50. The second-order valence-corrected chi connectivity index (χ2v) is 8.20. The Kier molecular flexibility index (Phi) is 6.14. The van der Waals surface area contributed by atoms with Crippen molar-refractivity contribution in [3.63, 3.8) is 0 Å². The fourth-order valence-corrected chi connectivity index (χ4v) is 4.75. The fraction of sp³-hybridized carbons (Fsp3) is 0.562. The van der Waals surface area contributed by atoms with Crippen molar-refractivity contribution in [3.05, 3.63) is 26.6 Å². The summed E-state index contributed by atoms with van der Waals surface area (Å²) in [7, 11) is 0.